The van der Waals surface area contributed by atoms with Crippen molar-refractivity contribution in [3.63, 3.8) is 0 Å². The molecular formula is C33H36Cl4N4O3. The molecule has 3 aromatic carbocycles. The molecule has 1 atom stereocenters. The molecule has 0 aliphatic carbocycles. The van der Waals surface area contributed by atoms with Crippen LogP contribution in [0.5, 0.6) is 5.75 Å². The topological polar surface area (TPSA) is 88.2 Å². The van der Waals surface area contributed by atoms with E-state index in [9.17, 15) is 9.59 Å². The number of rotatable bonds is 10. The van der Waals surface area contributed by atoms with Crippen molar-refractivity contribution in [3.05, 3.63) is 96.7 Å². The lowest BCUT2D eigenvalue weighted by Gasteiger charge is -2.33. The molecule has 11 heteroatoms. The average molecular weight is 678 g/mol. The van der Waals surface area contributed by atoms with Gasteiger partial charge in [0.05, 0.1) is 20.8 Å². The number of carbonyl (C=O) groups excluding carboxylic acids is 1. The summed E-state index contributed by atoms with van der Waals surface area (Å²) in [5.41, 5.74) is 2.22. The normalized spacial score (nSPS) is 12.6. The number of ether oxygens (including phenoxy) is 1. The first-order valence-corrected chi connectivity index (χ1v) is 15.7. The van der Waals surface area contributed by atoms with Crippen molar-refractivity contribution in [3.8, 4) is 11.4 Å². The molecule has 0 aliphatic heterocycles. The number of halogens is 4. The highest BCUT2D eigenvalue weighted by Gasteiger charge is 2.27. The van der Waals surface area contributed by atoms with Crippen LogP contribution in [0.2, 0.25) is 20.1 Å². The highest BCUT2D eigenvalue weighted by atomic mass is 35.5. The van der Waals surface area contributed by atoms with Gasteiger partial charge in [0.2, 0.25) is 0 Å². The Hall–Kier alpha value is -3.10. The van der Waals surface area contributed by atoms with E-state index in [4.69, 9.17) is 51.1 Å². The number of nitrogens with one attached hydrogen (secondary N) is 3. The summed E-state index contributed by atoms with van der Waals surface area (Å²) < 4.78 is 7.27. The van der Waals surface area contributed by atoms with Crippen LogP contribution in [0, 0.1) is 5.41 Å². The molecule has 4 rings (SSSR count). The molecule has 3 N–H and O–H groups in total. The highest BCUT2D eigenvalue weighted by Crippen LogP contribution is 2.37. The Balaban J connectivity index is 1.46. The minimum atomic E-state index is -0.713. The maximum atomic E-state index is 13.2. The molecule has 0 radical (unpaired) electrons. The van der Waals surface area contributed by atoms with Crippen LogP contribution in [0.25, 0.3) is 5.69 Å². The first kappa shape index (κ1) is 33.8. The Morgan fingerprint density at radius 2 is 1.55 bits per heavy atom. The van der Waals surface area contributed by atoms with Gasteiger partial charge in [0, 0.05) is 16.8 Å². The van der Waals surface area contributed by atoms with Crippen LogP contribution < -0.4 is 20.9 Å². The number of nitrogens with zero attached hydrogens (tertiary/aromatic N) is 1. The lowest BCUT2D eigenvalue weighted by atomic mass is 9.72. The zero-order valence-electron chi connectivity index (χ0n) is 25.4. The van der Waals surface area contributed by atoms with Gasteiger partial charge in [-0.25, -0.2) is 4.68 Å². The van der Waals surface area contributed by atoms with E-state index in [0.717, 1.165) is 6.42 Å². The predicted octanol–water partition coefficient (Wildman–Crippen LogP) is 10.0. The van der Waals surface area contributed by atoms with Crippen LogP contribution in [-0.2, 0) is 10.2 Å². The number of benzene rings is 3. The quantitative estimate of drug-likeness (QED) is 0.156. The van der Waals surface area contributed by atoms with E-state index < -0.39 is 11.7 Å². The van der Waals surface area contributed by atoms with E-state index in [1.807, 2.05) is 19.1 Å². The van der Waals surface area contributed by atoms with Gasteiger partial charge in [0.15, 0.2) is 6.10 Å². The Bertz CT molecular complexity index is 1680. The Labute approximate surface area is 277 Å². The second-order valence-corrected chi connectivity index (χ2v) is 14.2. The molecule has 1 amide bonds. The maximum absolute atomic E-state index is 13.2. The Morgan fingerprint density at radius 3 is 2.14 bits per heavy atom. The van der Waals surface area contributed by atoms with Gasteiger partial charge in [0.1, 0.15) is 17.3 Å². The molecule has 0 saturated carbocycles. The molecule has 0 spiro atoms. The van der Waals surface area contributed by atoms with Crippen molar-refractivity contribution in [2.45, 2.75) is 65.9 Å². The first-order chi connectivity index (χ1) is 20.6. The minimum Gasteiger partial charge on any atom is -0.481 e. The van der Waals surface area contributed by atoms with Crippen LogP contribution in [0.1, 0.15) is 59.9 Å². The molecule has 0 saturated heterocycles. The zero-order chi connectivity index (χ0) is 32.4. The van der Waals surface area contributed by atoms with Gasteiger partial charge in [0.25, 0.3) is 11.5 Å². The minimum absolute atomic E-state index is 0.00419. The number of aromatic amines is 1. The Morgan fingerprint density at radius 1 is 0.909 bits per heavy atom. The molecule has 7 nitrogen and oxygen atoms in total. The second kappa shape index (κ2) is 13.5. The zero-order valence-corrected chi connectivity index (χ0v) is 28.5. The highest BCUT2D eigenvalue weighted by molar-refractivity contribution is 6.40. The van der Waals surface area contributed by atoms with Crippen LogP contribution in [0.3, 0.4) is 0 Å². The summed E-state index contributed by atoms with van der Waals surface area (Å²) in [6, 6.07) is 17.3. The fraction of sp³-hybridized carbons (Fsp3) is 0.333. The largest absolute Gasteiger partial charge is 0.481 e. The summed E-state index contributed by atoms with van der Waals surface area (Å²) in [5, 5.41) is 10.0. The first-order valence-electron chi connectivity index (χ1n) is 14.2. The van der Waals surface area contributed by atoms with Gasteiger partial charge in [-0.1, -0.05) is 100 Å². The van der Waals surface area contributed by atoms with Gasteiger partial charge in [-0.05, 0) is 71.7 Å². The molecule has 0 bridgehead atoms. The number of amides is 1. The van der Waals surface area contributed by atoms with Gasteiger partial charge >= 0.3 is 0 Å². The fourth-order valence-electron chi connectivity index (χ4n) is 5.34. The van der Waals surface area contributed by atoms with Gasteiger partial charge < -0.3 is 15.4 Å². The summed E-state index contributed by atoms with van der Waals surface area (Å²) in [7, 11) is 0. The molecule has 1 unspecified atom stereocenters. The standard InChI is InChI=1S/C33H36Cl4N4O3/c1-7-27(44-22-11-8-19(9-12-22)33(5,6)18-32(2,3)4)31(43)38-21-10-13-23(35)26(16-21)39-28-17-29(42)41(40-28)30-24(36)14-20(34)15-25(30)37/h8-17,27,39-40H,7,18H2,1-6H3,(H,38,43). The monoisotopic (exact) mass is 676 g/mol. The molecule has 1 aromatic heterocycles. The lowest BCUT2D eigenvalue weighted by molar-refractivity contribution is -0.122. The number of hydrogen-bond acceptors (Lipinski definition) is 4. The van der Waals surface area contributed by atoms with E-state index in [1.54, 1.807) is 18.2 Å². The molecule has 44 heavy (non-hydrogen) atoms. The molecule has 0 fully saturated rings. The third kappa shape index (κ3) is 8.33. The van der Waals surface area contributed by atoms with Gasteiger partial charge in [-0.15, -0.1) is 0 Å². The van der Waals surface area contributed by atoms with E-state index in [2.05, 4.69) is 62.5 Å². The summed E-state index contributed by atoms with van der Waals surface area (Å²) >= 11 is 25.0. The summed E-state index contributed by atoms with van der Waals surface area (Å²) in [5.74, 6) is 0.644. The maximum Gasteiger partial charge on any atom is 0.273 e. The molecule has 234 valence electrons. The molecule has 1 heterocycles. The van der Waals surface area contributed by atoms with Gasteiger partial charge in [-0.3, -0.25) is 14.7 Å². The lowest BCUT2D eigenvalue weighted by Crippen LogP contribution is -2.32. The van der Waals surface area contributed by atoms with Crippen molar-refractivity contribution in [2.24, 2.45) is 5.41 Å². The van der Waals surface area contributed by atoms with Crippen LogP contribution in [0.15, 0.2) is 65.5 Å². The molecular weight excluding hydrogens is 642 g/mol. The van der Waals surface area contributed by atoms with Crippen molar-refractivity contribution in [2.75, 3.05) is 10.6 Å². The third-order valence-electron chi connectivity index (χ3n) is 6.98. The van der Waals surface area contributed by atoms with Crippen LogP contribution >= 0.6 is 46.4 Å². The second-order valence-electron chi connectivity index (χ2n) is 12.5. The van der Waals surface area contributed by atoms with E-state index in [1.165, 1.54) is 28.4 Å². The van der Waals surface area contributed by atoms with Gasteiger partial charge in [-0.2, -0.15) is 0 Å². The SMILES string of the molecule is CCC(Oc1ccc(C(C)(C)CC(C)(C)C)cc1)C(=O)Nc1ccc(Cl)c(Nc2cc(=O)n(-c3c(Cl)cc(Cl)cc3Cl)[nH]2)c1. The molecule has 4 aromatic rings. The fourth-order valence-corrected chi connectivity index (χ4v) is 6.49. The smallest absolute Gasteiger partial charge is 0.273 e. The van der Waals surface area contributed by atoms with Crippen LogP contribution in [0.4, 0.5) is 17.2 Å². The number of carbonyl (C=O) groups is 1. The van der Waals surface area contributed by atoms with E-state index in [-0.39, 0.29) is 32.5 Å². The number of anilines is 3. The van der Waals surface area contributed by atoms with Crippen molar-refractivity contribution >= 4 is 69.5 Å². The van der Waals surface area contributed by atoms with Crippen molar-refractivity contribution in [1.82, 2.24) is 9.78 Å². The summed E-state index contributed by atoms with van der Waals surface area (Å²) in [6.45, 7) is 13.1. The molecule has 0 aliphatic rings. The summed E-state index contributed by atoms with van der Waals surface area (Å²) in [6.07, 6.45) is 0.784. The predicted molar refractivity (Wildman–Crippen MR) is 183 cm³/mol. The van der Waals surface area contributed by atoms with E-state index in [0.29, 0.717) is 39.4 Å². The number of aromatic nitrogens is 2. The number of hydrogen-bond donors (Lipinski definition) is 3. The van der Waals surface area contributed by atoms with Crippen molar-refractivity contribution in [1.29, 1.82) is 0 Å². The number of H-pyrrole nitrogens is 1. The van der Waals surface area contributed by atoms with Crippen molar-refractivity contribution < 1.29 is 9.53 Å². The summed E-state index contributed by atoms with van der Waals surface area (Å²) in [4.78, 5) is 25.9. The third-order valence-corrected chi connectivity index (χ3v) is 8.10. The average Bonchev–Trinajstić information content (AvgIpc) is 3.26. The Kier molecular flexibility index (Phi) is 10.4. The van der Waals surface area contributed by atoms with Crippen LogP contribution in [-0.4, -0.2) is 21.8 Å². The van der Waals surface area contributed by atoms with E-state index >= 15 is 0 Å².